The highest BCUT2D eigenvalue weighted by Crippen LogP contribution is 2.35. The normalized spacial score (nSPS) is 13.4. The zero-order valence-corrected chi connectivity index (χ0v) is 15.0. The Balaban J connectivity index is 2.55. The Kier molecular flexibility index (Phi) is 5.47. The van der Waals surface area contributed by atoms with Crippen LogP contribution in [0.2, 0.25) is 0 Å². The van der Waals surface area contributed by atoms with E-state index in [-0.39, 0.29) is 5.56 Å². The van der Waals surface area contributed by atoms with Crippen molar-refractivity contribution in [3.63, 3.8) is 0 Å². The van der Waals surface area contributed by atoms with Gasteiger partial charge in [0, 0.05) is 0 Å². The lowest BCUT2D eigenvalue weighted by Crippen LogP contribution is -2.24. The van der Waals surface area contributed by atoms with Gasteiger partial charge in [0.25, 0.3) is 0 Å². The molecule has 0 aliphatic heterocycles. The lowest BCUT2D eigenvalue weighted by Gasteiger charge is -2.21. The van der Waals surface area contributed by atoms with Crippen LogP contribution in [0.25, 0.3) is 11.1 Å². The third-order valence-corrected chi connectivity index (χ3v) is 3.60. The van der Waals surface area contributed by atoms with Crippen molar-refractivity contribution in [3.8, 4) is 11.1 Å². The molecule has 0 aromatic heterocycles. The van der Waals surface area contributed by atoms with Crippen LogP contribution in [0.5, 0.6) is 0 Å². The van der Waals surface area contributed by atoms with Crippen LogP contribution in [0.3, 0.4) is 0 Å². The Morgan fingerprint density at radius 2 is 1.58 bits per heavy atom. The van der Waals surface area contributed by atoms with Gasteiger partial charge in [-0.2, -0.15) is 13.2 Å². The van der Waals surface area contributed by atoms with Gasteiger partial charge in [0.1, 0.15) is 5.60 Å². The predicted molar refractivity (Wildman–Crippen MR) is 92.8 cm³/mol. The lowest BCUT2D eigenvalue weighted by molar-refractivity contribution is -0.206. The highest BCUT2D eigenvalue weighted by atomic mass is 19.4. The molecule has 0 radical (unpaired) electrons. The third-order valence-electron chi connectivity index (χ3n) is 3.60. The number of aliphatic hydroxyl groups excluding tert-OH is 1. The molecule has 1 unspecified atom stereocenters. The number of carbonyl (C=O) groups excluding carboxylic acids is 1. The highest BCUT2D eigenvalue weighted by Gasteiger charge is 2.40. The summed E-state index contributed by atoms with van der Waals surface area (Å²) in [5.41, 5.74) is 0.781. The van der Waals surface area contributed by atoms with Crippen LogP contribution in [0.15, 0.2) is 42.5 Å². The molecule has 0 fully saturated rings. The molecule has 26 heavy (non-hydrogen) atoms. The van der Waals surface area contributed by atoms with E-state index in [1.807, 2.05) is 19.1 Å². The SMILES string of the molecule is Cc1ccc(-c2cc(C(=O)OC(C)(C)C)cc(C(O)C(F)(F)F)c2)cc1. The molecule has 1 atom stereocenters. The zero-order chi connectivity index (χ0) is 19.7. The van der Waals surface area contributed by atoms with E-state index >= 15 is 0 Å². The van der Waals surface area contributed by atoms with Gasteiger partial charge in [-0.05, 0) is 62.6 Å². The Morgan fingerprint density at radius 1 is 1.00 bits per heavy atom. The molecule has 0 spiro atoms. The van der Waals surface area contributed by atoms with E-state index in [9.17, 15) is 23.1 Å². The first kappa shape index (κ1) is 20.0. The minimum atomic E-state index is -4.84. The minimum absolute atomic E-state index is 0.0451. The monoisotopic (exact) mass is 366 g/mol. The quantitative estimate of drug-likeness (QED) is 0.758. The number of halogens is 3. The van der Waals surface area contributed by atoms with Gasteiger partial charge in [-0.15, -0.1) is 0 Å². The van der Waals surface area contributed by atoms with Gasteiger partial charge >= 0.3 is 12.1 Å². The minimum Gasteiger partial charge on any atom is -0.456 e. The molecule has 140 valence electrons. The molecular formula is C20H21F3O3. The second kappa shape index (κ2) is 7.11. The second-order valence-electron chi connectivity index (χ2n) is 7.16. The van der Waals surface area contributed by atoms with Crippen LogP contribution < -0.4 is 0 Å². The molecule has 0 aliphatic rings. The number of benzene rings is 2. The second-order valence-corrected chi connectivity index (χ2v) is 7.16. The average Bonchev–Trinajstić information content (AvgIpc) is 2.52. The van der Waals surface area contributed by atoms with Crippen LogP contribution >= 0.6 is 0 Å². The predicted octanol–water partition coefficient (Wildman–Crippen LogP) is 5.21. The first-order valence-electron chi connectivity index (χ1n) is 8.07. The number of alkyl halides is 3. The summed E-state index contributed by atoms with van der Waals surface area (Å²) in [6.45, 7) is 6.89. The number of aliphatic hydroxyl groups is 1. The van der Waals surface area contributed by atoms with E-state index in [0.29, 0.717) is 11.1 Å². The molecule has 2 aromatic carbocycles. The molecule has 0 saturated heterocycles. The Hall–Kier alpha value is -2.34. The summed E-state index contributed by atoms with van der Waals surface area (Å²) in [4.78, 5) is 12.3. The van der Waals surface area contributed by atoms with Crippen molar-refractivity contribution in [1.82, 2.24) is 0 Å². The molecule has 3 nitrogen and oxygen atoms in total. The van der Waals surface area contributed by atoms with Gasteiger partial charge in [-0.1, -0.05) is 29.8 Å². The molecule has 0 heterocycles. The standard InChI is InChI=1S/C20H21F3O3/c1-12-5-7-13(8-6-12)14-9-15(17(24)20(21,22)23)11-16(10-14)18(25)26-19(2,3)4/h5-11,17,24H,1-4H3. The molecule has 0 amide bonds. The fraction of sp³-hybridized carbons (Fsp3) is 0.350. The maximum absolute atomic E-state index is 13.0. The molecule has 0 bridgehead atoms. The largest absolute Gasteiger partial charge is 0.456 e. The molecule has 6 heteroatoms. The summed E-state index contributed by atoms with van der Waals surface area (Å²) >= 11 is 0. The summed E-state index contributed by atoms with van der Waals surface area (Å²) in [7, 11) is 0. The van der Waals surface area contributed by atoms with Crippen molar-refractivity contribution >= 4 is 5.97 Å². The van der Waals surface area contributed by atoms with Gasteiger partial charge < -0.3 is 9.84 Å². The van der Waals surface area contributed by atoms with Crippen molar-refractivity contribution in [1.29, 1.82) is 0 Å². The number of ether oxygens (including phenoxy) is 1. The lowest BCUT2D eigenvalue weighted by atomic mass is 9.96. The summed E-state index contributed by atoms with van der Waals surface area (Å²) in [5.74, 6) is -0.748. The Labute approximate surface area is 150 Å². The highest BCUT2D eigenvalue weighted by molar-refractivity contribution is 5.91. The number of hydrogen-bond donors (Lipinski definition) is 1. The Morgan fingerprint density at radius 3 is 2.08 bits per heavy atom. The molecular weight excluding hydrogens is 345 g/mol. The molecule has 2 aromatic rings. The van der Waals surface area contributed by atoms with E-state index in [2.05, 4.69) is 0 Å². The van der Waals surface area contributed by atoms with E-state index in [1.165, 1.54) is 12.1 Å². The molecule has 0 aliphatic carbocycles. The zero-order valence-electron chi connectivity index (χ0n) is 15.0. The molecule has 0 saturated carbocycles. The summed E-state index contributed by atoms with van der Waals surface area (Å²) < 4.78 is 44.1. The maximum Gasteiger partial charge on any atom is 0.418 e. The Bertz CT molecular complexity index is 787. The van der Waals surface area contributed by atoms with Crippen molar-refractivity contribution in [2.45, 2.75) is 45.6 Å². The fourth-order valence-corrected chi connectivity index (χ4v) is 2.37. The van der Waals surface area contributed by atoms with E-state index < -0.39 is 29.4 Å². The average molecular weight is 366 g/mol. The first-order valence-corrected chi connectivity index (χ1v) is 8.07. The topological polar surface area (TPSA) is 46.5 Å². The summed E-state index contributed by atoms with van der Waals surface area (Å²) in [6.07, 6.45) is -7.52. The van der Waals surface area contributed by atoms with Crippen molar-refractivity contribution < 1.29 is 27.8 Å². The van der Waals surface area contributed by atoms with Gasteiger partial charge in [-0.25, -0.2) is 4.79 Å². The number of rotatable bonds is 3. The fourth-order valence-electron chi connectivity index (χ4n) is 2.37. The maximum atomic E-state index is 13.0. The smallest absolute Gasteiger partial charge is 0.418 e. The number of esters is 1. The molecule has 1 N–H and O–H groups in total. The van der Waals surface area contributed by atoms with Crippen LogP contribution in [0.1, 0.15) is 48.4 Å². The van der Waals surface area contributed by atoms with Crippen LogP contribution in [0, 0.1) is 6.92 Å². The van der Waals surface area contributed by atoms with Gasteiger partial charge in [-0.3, -0.25) is 0 Å². The summed E-state index contributed by atoms with van der Waals surface area (Å²) in [6, 6.07) is 10.8. The third kappa shape index (κ3) is 5.08. The van der Waals surface area contributed by atoms with E-state index in [1.54, 1.807) is 32.9 Å². The number of hydrogen-bond acceptors (Lipinski definition) is 3. The van der Waals surface area contributed by atoms with Crippen molar-refractivity contribution in [2.24, 2.45) is 0 Å². The van der Waals surface area contributed by atoms with Gasteiger partial charge in [0.05, 0.1) is 5.56 Å². The summed E-state index contributed by atoms with van der Waals surface area (Å²) in [5, 5.41) is 9.63. The van der Waals surface area contributed by atoms with Gasteiger partial charge in [0.2, 0.25) is 0 Å². The van der Waals surface area contributed by atoms with Crippen molar-refractivity contribution in [3.05, 3.63) is 59.2 Å². The van der Waals surface area contributed by atoms with Crippen LogP contribution in [0.4, 0.5) is 13.2 Å². The van der Waals surface area contributed by atoms with Crippen LogP contribution in [-0.2, 0) is 4.74 Å². The number of carbonyl (C=O) groups is 1. The van der Waals surface area contributed by atoms with Gasteiger partial charge in [0.15, 0.2) is 6.10 Å². The van der Waals surface area contributed by atoms with E-state index in [0.717, 1.165) is 11.6 Å². The van der Waals surface area contributed by atoms with Crippen LogP contribution in [-0.4, -0.2) is 22.9 Å². The van der Waals surface area contributed by atoms with Crippen molar-refractivity contribution in [2.75, 3.05) is 0 Å². The number of aryl methyl sites for hydroxylation is 1. The van der Waals surface area contributed by atoms with E-state index in [4.69, 9.17) is 4.74 Å². The molecule has 2 rings (SSSR count). The first-order chi connectivity index (χ1) is 11.9.